The molecule has 1 aliphatic carbocycles. The Balaban J connectivity index is 1.25. The van der Waals surface area contributed by atoms with E-state index in [-0.39, 0.29) is 13.2 Å². The second kappa shape index (κ2) is 10.4. The van der Waals surface area contributed by atoms with Crippen molar-refractivity contribution in [3.05, 3.63) is 77.5 Å². The Morgan fingerprint density at radius 2 is 1.71 bits per heavy atom. The van der Waals surface area contributed by atoms with Crippen LogP contribution in [0.2, 0.25) is 0 Å². The molecule has 3 aromatic rings. The number of likely N-dealkylation sites (tertiary alicyclic amines) is 1. The predicted octanol–water partition coefficient (Wildman–Crippen LogP) is 1.89. The van der Waals surface area contributed by atoms with E-state index in [1.165, 1.54) is 18.4 Å². The summed E-state index contributed by atoms with van der Waals surface area (Å²) in [5, 5.41) is 51.6. The number of benzene rings is 2. The summed E-state index contributed by atoms with van der Waals surface area (Å²) >= 11 is 0. The first-order valence-corrected chi connectivity index (χ1v) is 12.2. The number of anilines is 1. The van der Waals surface area contributed by atoms with Crippen LogP contribution in [0.25, 0.3) is 11.3 Å². The van der Waals surface area contributed by atoms with E-state index in [1.807, 2.05) is 29.2 Å². The number of nitrogens with one attached hydrogen (secondary N) is 1. The van der Waals surface area contributed by atoms with Crippen LogP contribution in [0.1, 0.15) is 35.4 Å². The van der Waals surface area contributed by atoms with Crippen LogP contribution in [0.3, 0.4) is 0 Å². The molecule has 0 bridgehead atoms. The number of aliphatic hydroxyl groups is 4. The average molecular weight is 477 g/mol. The summed E-state index contributed by atoms with van der Waals surface area (Å²) < 4.78 is 0. The second-order valence-electron chi connectivity index (χ2n) is 9.62. The molecule has 5 rings (SSSR count). The maximum absolute atomic E-state index is 10.2. The Labute approximate surface area is 204 Å². The maximum atomic E-state index is 10.2. The summed E-state index contributed by atoms with van der Waals surface area (Å²) in [6.45, 7) is 1.03. The quantitative estimate of drug-likeness (QED) is 0.334. The van der Waals surface area contributed by atoms with Crippen molar-refractivity contribution in [2.75, 3.05) is 18.5 Å². The standard InChI is InChI=1S/C27H32N4O4/c32-16-24-26(34)27(35)25(33)15-31(24)14-18-5-3-17(4-6-18)13-28-22-11-20(19-7-8-19)10-21(12-22)23-2-1-9-29-30-23/h1-6,9-12,19,24-28,32-35H,7-8,13-16H2. The molecular weight excluding hydrogens is 444 g/mol. The molecule has 2 aliphatic rings. The van der Waals surface area contributed by atoms with Crippen molar-refractivity contribution < 1.29 is 20.4 Å². The topological polar surface area (TPSA) is 122 Å². The molecule has 2 aromatic carbocycles. The van der Waals surface area contributed by atoms with Crippen molar-refractivity contribution in [3.8, 4) is 11.3 Å². The molecule has 5 N–H and O–H groups in total. The fourth-order valence-corrected chi connectivity index (χ4v) is 4.77. The van der Waals surface area contributed by atoms with E-state index in [2.05, 4.69) is 45.8 Å². The van der Waals surface area contributed by atoms with Crippen LogP contribution in [-0.4, -0.2) is 73.0 Å². The van der Waals surface area contributed by atoms with Gasteiger partial charge in [-0.15, -0.1) is 0 Å². The molecule has 1 aromatic heterocycles. The molecule has 8 nitrogen and oxygen atoms in total. The van der Waals surface area contributed by atoms with Crippen molar-refractivity contribution >= 4 is 5.69 Å². The van der Waals surface area contributed by atoms with Gasteiger partial charge in [-0.05, 0) is 65.8 Å². The molecule has 4 atom stereocenters. The van der Waals surface area contributed by atoms with Gasteiger partial charge in [0.1, 0.15) is 12.2 Å². The molecule has 1 aliphatic heterocycles. The van der Waals surface area contributed by atoms with Crippen molar-refractivity contribution in [1.29, 1.82) is 0 Å². The normalized spacial score (nSPS) is 24.9. The van der Waals surface area contributed by atoms with Crippen LogP contribution in [-0.2, 0) is 13.1 Å². The Morgan fingerprint density at radius 3 is 2.40 bits per heavy atom. The molecule has 184 valence electrons. The SMILES string of the molecule is OCC1C(O)C(O)C(O)CN1Cc1ccc(CNc2cc(-c3cccnn3)cc(C3CC3)c2)cc1. The lowest BCUT2D eigenvalue weighted by molar-refractivity contribution is -0.147. The maximum Gasteiger partial charge on any atom is 0.109 e. The zero-order valence-electron chi connectivity index (χ0n) is 19.5. The molecule has 4 unspecified atom stereocenters. The number of hydrogen-bond acceptors (Lipinski definition) is 8. The van der Waals surface area contributed by atoms with Crippen molar-refractivity contribution in [1.82, 2.24) is 15.1 Å². The van der Waals surface area contributed by atoms with Crippen molar-refractivity contribution in [2.45, 2.75) is 56.2 Å². The Hall–Kier alpha value is -2.88. The summed E-state index contributed by atoms with van der Waals surface area (Å²) in [7, 11) is 0. The molecule has 1 saturated carbocycles. The largest absolute Gasteiger partial charge is 0.395 e. The minimum Gasteiger partial charge on any atom is -0.395 e. The molecule has 2 fully saturated rings. The van der Waals surface area contributed by atoms with E-state index in [1.54, 1.807) is 6.20 Å². The number of rotatable bonds is 8. The van der Waals surface area contributed by atoms with Gasteiger partial charge in [-0.1, -0.05) is 24.3 Å². The first-order valence-electron chi connectivity index (χ1n) is 12.2. The lowest BCUT2D eigenvalue weighted by Crippen LogP contribution is -2.62. The summed E-state index contributed by atoms with van der Waals surface area (Å²) in [4.78, 5) is 1.81. The van der Waals surface area contributed by atoms with E-state index in [0.29, 0.717) is 19.0 Å². The highest BCUT2D eigenvalue weighted by Crippen LogP contribution is 2.42. The first kappa shape index (κ1) is 23.8. The fraction of sp³-hybridized carbons (Fsp3) is 0.407. The fourth-order valence-electron chi connectivity index (χ4n) is 4.77. The third-order valence-corrected chi connectivity index (χ3v) is 6.99. The summed E-state index contributed by atoms with van der Waals surface area (Å²) in [6.07, 6.45) is 0.655. The minimum absolute atomic E-state index is 0.193. The summed E-state index contributed by atoms with van der Waals surface area (Å²) in [5.74, 6) is 0.627. The van der Waals surface area contributed by atoms with Crippen LogP contribution >= 0.6 is 0 Å². The van der Waals surface area contributed by atoms with Crippen LogP contribution in [0.5, 0.6) is 0 Å². The minimum atomic E-state index is -1.25. The highest BCUT2D eigenvalue weighted by molar-refractivity contribution is 5.67. The zero-order chi connectivity index (χ0) is 24.4. The van der Waals surface area contributed by atoms with Gasteiger partial charge >= 0.3 is 0 Å². The molecule has 0 radical (unpaired) electrons. The number of β-amino-alcohol motifs (C(OH)–C–C–N with tert-alkyl or cyclic N) is 1. The van der Waals surface area contributed by atoms with Crippen molar-refractivity contribution in [2.24, 2.45) is 0 Å². The third-order valence-electron chi connectivity index (χ3n) is 6.99. The smallest absolute Gasteiger partial charge is 0.109 e. The number of hydrogen-bond donors (Lipinski definition) is 5. The van der Waals surface area contributed by atoms with Crippen molar-refractivity contribution in [3.63, 3.8) is 0 Å². The third kappa shape index (κ3) is 5.52. The Bertz CT molecular complexity index is 1120. The van der Waals surface area contributed by atoms with E-state index in [4.69, 9.17) is 0 Å². The molecule has 2 heterocycles. The van der Waals surface area contributed by atoms with Gasteiger partial charge in [0.15, 0.2) is 0 Å². The number of aliphatic hydroxyl groups excluding tert-OH is 4. The van der Waals surface area contributed by atoms with Gasteiger partial charge in [0.2, 0.25) is 0 Å². The highest BCUT2D eigenvalue weighted by atomic mass is 16.4. The predicted molar refractivity (Wildman–Crippen MR) is 133 cm³/mol. The molecule has 8 heteroatoms. The average Bonchev–Trinajstić information content (AvgIpc) is 3.73. The van der Waals surface area contributed by atoms with Gasteiger partial charge in [-0.25, -0.2) is 0 Å². The van der Waals surface area contributed by atoms with Gasteiger partial charge in [0.05, 0.1) is 24.4 Å². The van der Waals surface area contributed by atoms with Gasteiger partial charge in [-0.3, -0.25) is 4.90 Å². The lowest BCUT2D eigenvalue weighted by atomic mass is 9.93. The molecule has 0 amide bonds. The van der Waals surface area contributed by atoms with E-state index < -0.39 is 24.4 Å². The number of piperidine rings is 1. The van der Waals surface area contributed by atoms with Gasteiger partial charge in [-0.2, -0.15) is 10.2 Å². The highest BCUT2D eigenvalue weighted by Gasteiger charge is 2.40. The lowest BCUT2D eigenvalue weighted by Gasteiger charge is -2.43. The van der Waals surface area contributed by atoms with Gasteiger partial charge < -0.3 is 25.7 Å². The molecule has 0 spiro atoms. The summed E-state index contributed by atoms with van der Waals surface area (Å²) in [6, 6.07) is 17.9. The van der Waals surface area contributed by atoms with E-state index in [9.17, 15) is 20.4 Å². The Kier molecular flexibility index (Phi) is 7.08. The van der Waals surface area contributed by atoms with E-state index >= 15 is 0 Å². The first-order chi connectivity index (χ1) is 17.0. The molecule has 1 saturated heterocycles. The Morgan fingerprint density at radius 1 is 0.943 bits per heavy atom. The molecule has 35 heavy (non-hydrogen) atoms. The zero-order valence-corrected chi connectivity index (χ0v) is 19.5. The van der Waals surface area contributed by atoms with Crippen LogP contribution < -0.4 is 5.32 Å². The van der Waals surface area contributed by atoms with Crippen LogP contribution in [0.4, 0.5) is 5.69 Å². The van der Waals surface area contributed by atoms with E-state index in [0.717, 1.165) is 28.1 Å². The van der Waals surface area contributed by atoms with Gasteiger partial charge in [0.25, 0.3) is 0 Å². The number of nitrogens with zero attached hydrogens (tertiary/aromatic N) is 3. The summed E-state index contributed by atoms with van der Waals surface area (Å²) in [5.41, 5.74) is 6.45. The van der Waals surface area contributed by atoms with Crippen LogP contribution in [0, 0.1) is 0 Å². The molecular formula is C27H32N4O4. The van der Waals surface area contributed by atoms with Crippen LogP contribution in [0.15, 0.2) is 60.8 Å². The van der Waals surface area contributed by atoms with Gasteiger partial charge in [0, 0.05) is 37.1 Å². The monoisotopic (exact) mass is 476 g/mol. The second-order valence-corrected chi connectivity index (χ2v) is 9.62. The number of aromatic nitrogens is 2.